The number of methoxy groups -OCH3 is 1. The second kappa shape index (κ2) is 9.83. The number of hydrogen-bond donors (Lipinski definition) is 1. The van der Waals surface area contributed by atoms with Gasteiger partial charge in [0.1, 0.15) is 0 Å². The third-order valence-electron chi connectivity index (χ3n) is 4.89. The number of fused-ring (bicyclic) bond motifs is 1. The highest BCUT2D eigenvalue weighted by molar-refractivity contribution is 5.77. The zero-order valence-electron chi connectivity index (χ0n) is 15.6. The lowest BCUT2D eigenvalue weighted by Gasteiger charge is -2.39. The lowest BCUT2D eigenvalue weighted by atomic mass is 9.96. The number of ether oxygens (including phenoxy) is 1. The van der Waals surface area contributed by atoms with Gasteiger partial charge < -0.3 is 14.7 Å². The number of piperidine rings is 1. The smallest absolute Gasteiger partial charge is 0.475 e. The van der Waals surface area contributed by atoms with E-state index >= 15 is 0 Å². The number of pyridine rings is 1. The van der Waals surface area contributed by atoms with Crippen molar-refractivity contribution < 1.29 is 32.6 Å². The maximum atomic E-state index is 12.1. The summed E-state index contributed by atoms with van der Waals surface area (Å²) in [5.74, 6) is -2.47. The first-order valence-electron chi connectivity index (χ1n) is 8.95. The number of carbonyl (C=O) groups is 2. The van der Waals surface area contributed by atoms with Gasteiger partial charge in [0, 0.05) is 57.6 Å². The average Bonchev–Trinajstić information content (AvgIpc) is 3.04. The summed E-state index contributed by atoms with van der Waals surface area (Å²) in [5, 5.41) is 7.12. The van der Waals surface area contributed by atoms with Crippen LogP contribution in [-0.2, 0) is 20.9 Å². The van der Waals surface area contributed by atoms with E-state index in [9.17, 15) is 18.0 Å². The fourth-order valence-corrected chi connectivity index (χ4v) is 3.64. The first-order chi connectivity index (χ1) is 13.2. The van der Waals surface area contributed by atoms with Crippen LogP contribution in [0.25, 0.3) is 0 Å². The number of likely N-dealkylation sites (tertiary alicyclic amines) is 2. The molecule has 0 unspecified atom stereocenters. The molecule has 1 aromatic rings. The number of hydrogen-bond acceptors (Lipinski definition) is 5. The van der Waals surface area contributed by atoms with Crippen LogP contribution in [0.15, 0.2) is 24.5 Å². The monoisotopic (exact) mass is 403 g/mol. The molecular weight excluding hydrogens is 379 g/mol. The number of carboxylic acids is 1. The van der Waals surface area contributed by atoms with Gasteiger partial charge in [-0.1, -0.05) is 6.07 Å². The minimum atomic E-state index is -5.08. The summed E-state index contributed by atoms with van der Waals surface area (Å²) < 4.78 is 36.9. The Balaban J connectivity index is 0.000000345. The van der Waals surface area contributed by atoms with Crippen molar-refractivity contribution in [2.45, 2.75) is 44.1 Å². The second-order valence-corrected chi connectivity index (χ2v) is 6.68. The maximum Gasteiger partial charge on any atom is 0.490 e. The second-order valence-electron chi connectivity index (χ2n) is 6.68. The largest absolute Gasteiger partial charge is 0.490 e. The van der Waals surface area contributed by atoms with Crippen LogP contribution in [0.4, 0.5) is 13.2 Å². The SMILES string of the molecule is COCCN1C(=O)CC[C@@H]2[C@H]1CCN2Cc1cccnc1.O=C(O)C(F)(F)F. The van der Waals surface area contributed by atoms with Crippen LogP contribution >= 0.6 is 0 Å². The van der Waals surface area contributed by atoms with E-state index in [4.69, 9.17) is 14.6 Å². The molecule has 2 aliphatic rings. The zero-order valence-corrected chi connectivity index (χ0v) is 15.6. The number of halogens is 3. The molecule has 7 nitrogen and oxygen atoms in total. The minimum Gasteiger partial charge on any atom is -0.475 e. The van der Waals surface area contributed by atoms with E-state index in [1.165, 1.54) is 5.56 Å². The molecule has 1 aromatic heterocycles. The molecule has 3 heterocycles. The van der Waals surface area contributed by atoms with Gasteiger partial charge in [0.2, 0.25) is 5.91 Å². The molecule has 0 aliphatic carbocycles. The predicted octanol–water partition coefficient (Wildman–Crippen LogP) is 1.93. The molecule has 0 saturated carbocycles. The molecule has 2 fully saturated rings. The van der Waals surface area contributed by atoms with Crippen molar-refractivity contribution in [3.05, 3.63) is 30.1 Å². The summed E-state index contributed by atoms with van der Waals surface area (Å²) in [4.78, 5) is 29.8. The van der Waals surface area contributed by atoms with E-state index < -0.39 is 12.1 Å². The van der Waals surface area contributed by atoms with Crippen LogP contribution in [0.3, 0.4) is 0 Å². The molecule has 2 saturated heterocycles. The Morgan fingerprint density at radius 2 is 2.07 bits per heavy atom. The standard InChI is InChI=1S/C16H23N3O2.C2HF3O2/c1-21-10-9-19-15-6-8-18(14(15)4-5-16(19)20)12-13-3-2-7-17-11-13;3-2(4,5)1(6)7/h2-3,7,11,14-15H,4-6,8-10,12H2,1H3;(H,6,7)/t14-,15-;/m1./s1. The third-order valence-corrected chi connectivity index (χ3v) is 4.89. The highest BCUT2D eigenvalue weighted by Gasteiger charge is 2.42. The van der Waals surface area contributed by atoms with Crippen LogP contribution in [0.2, 0.25) is 0 Å². The van der Waals surface area contributed by atoms with Gasteiger partial charge in [0.05, 0.1) is 6.61 Å². The van der Waals surface area contributed by atoms with Crippen LogP contribution in [0, 0.1) is 0 Å². The molecule has 1 amide bonds. The third kappa shape index (κ3) is 5.90. The number of aliphatic carboxylic acids is 1. The number of nitrogens with zero attached hydrogens (tertiary/aromatic N) is 3. The molecule has 0 radical (unpaired) electrons. The molecule has 0 bridgehead atoms. The van der Waals surface area contributed by atoms with E-state index in [0.717, 1.165) is 32.5 Å². The van der Waals surface area contributed by atoms with E-state index in [2.05, 4.69) is 16.0 Å². The zero-order chi connectivity index (χ0) is 20.7. The number of rotatable bonds is 5. The van der Waals surface area contributed by atoms with Gasteiger partial charge in [-0.3, -0.25) is 14.7 Å². The quantitative estimate of drug-likeness (QED) is 0.809. The van der Waals surface area contributed by atoms with Gasteiger partial charge in [-0.15, -0.1) is 0 Å². The lowest BCUT2D eigenvalue weighted by Crippen LogP contribution is -2.52. The van der Waals surface area contributed by atoms with Crippen LogP contribution in [0.5, 0.6) is 0 Å². The van der Waals surface area contributed by atoms with E-state index in [1.807, 2.05) is 23.4 Å². The molecule has 2 atom stereocenters. The van der Waals surface area contributed by atoms with Crippen molar-refractivity contribution in [3.8, 4) is 0 Å². The van der Waals surface area contributed by atoms with Crippen molar-refractivity contribution in [2.24, 2.45) is 0 Å². The number of amides is 1. The fourth-order valence-electron chi connectivity index (χ4n) is 3.64. The molecular formula is C18H24F3N3O4. The van der Waals surface area contributed by atoms with Crippen molar-refractivity contribution >= 4 is 11.9 Å². The van der Waals surface area contributed by atoms with E-state index in [-0.39, 0.29) is 5.91 Å². The van der Waals surface area contributed by atoms with Crippen LogP contribution < -0.4 is 0 Å². The van der Waals surface area contributed by atoms with E-state index in [1.54, 1.807) is 7.11 Å². The van der Waals surface area contributed by atoms with Crippen molar-refractivity contribution in [1.82, 2.24) is 14.8 Å². The van der Waals surface area contributed by atoms with Crippen LogP contribution in [0.1, 0.15) is 24.8 Å². The fraction of sp³-hybridized carbons (Fsp3) is 0.611. The van der Waals surface area contributed by atoms with Gasteiger partial charge in [-0.25, -0.2) is 4.79 Å². The highest BCUT2D eigenvalue weighted by atomic mass is 19.4. The first-order valence-corrected chi connectivity index (χ1v) is 8.95. The minimum absolute atomic E-state index is 0.288. The van der Waals surface area contributed by atoms with Crippen molar-refractivity contribution in [3.63, 3.8) is 0 Å². The lowest BCUT2D eigenvalue weighted by molar-refractivity contribution is -0.192. The molecule has 0 aromatic carbocycles. The Hall–Kier alpha value is -2.20. The molecule has 1 N–H and O–H groups in total. The molecule has 3 rings (SSSR count). The van der Waals surface area contributed by atoms with E-state index in [0.29, 0.717) is 25.1 Å². The van der Waals surface area contributed by atoms with Crippen molar-refractivity contribution in [2.75, 3.05) is 26.8 Å². The average molecular weight is 403 g/mol. The molecule has 10 heteroatoms. The van der Waals surface area contributed by atoms with Gasteiger partial charge in [-0.2, -0.15) is 13.2 Å². The maximum absolute atomic E-state index is 12.1. The predicted molar refractivity (Wildman–Crippen MR) is 93.4 cm³/mol. The molecule has 28 heavy (non-hydrogen) atoms. The topological polar surface area (TPSA) is 83.0 Å². The molecule has 0 spiro atoms. The summed E-state index contributed by atoms with van der Waals surface area (Å²) in [6.07, 6.45) is 1.37. The summed E-state index contributed by atoms with van der Waals surface area (Å²) in [5.41, 5.74) is 1.25. The van der Waals surface area contributed by atoms with Gasteiger partial charge in [-0.05, 0) is 24.5 Å². The normalized spacial score (nSPS) is 22.4. The van der Waals surface area contributed by atoms with Gasteiger partial charge >= 0.3 is 12.1 Å². The molecule has 156 valence electrons. The Morgan fingerprint density at radius 3 is 2.64 bits per heavy atom. The first kappa shape index (κ1) is 22.1. The number of carbonyl (C=O) groups excluding carboxylic acids is 1. The Bertz CT molecular complexity index is 657. The summed E-state index contributed by atoms with van der Waals surface area (Å²) in [6, 6.07) is 4.95. The van der Waals surface area contributed by atoms with Crippen LogP contribution in [-0.4, -0.2) is 76.8 Å². The summed E-state index contributed by atoms with van der Waals surface area (Å²) >= 11 is 0. The Morgan fingerprint density at radius 1 is 1.36 bits per heavy atom. The number of alkyl halides is 3. The summed E-state index contributed by atoms with van der Waals surface area (Å²) in [6.45, 7) is 3.33. The Kier molecular flexibility index (Phi) is 7.76. The van der Waals surface area contributed by atoms with Gasteiger partial charge in [0.25, 0.3) is 0 Å². The summed E-state index contributed by atoms with van der Waals surface area (Å²) in [7, 11) is 1.69. The molecule has 2 aliphatic heterocycles. The van der Waals surface area contributed by atoms with Gasteiger partial charge in [0.15, 0.2) is 0 Å². The number of carboxylic acid groups (broad SMARTS) is 1. The Labute approximate surface area is 161 Å². The van der Waals surface area contributed by atoms with Crippen molar-refractivity contribution in [1.29, 1.82) is 0 Å². The number of aromatic nitrogens is 1. The highest BCUT2D eigenvalue weighted by Crippen LogP contribution is 2.32.